The molecule has 3 aromatic carbocycles. The molecule has 2 aromatic heterocycles. The Hall–Kier alpha value is -4.45. The quantitative estimate of drug-likeness (QED) is 0.413. The first-order valence-electron chi connectivity index (χ1n) is 9.70. The van der Waals surface area contributed by atoms with Crippen molar-refractivity contribution in [2.75, 3.05) is 0 Å². The van der Waals surface area contributed by atoms with E-state index in [0.717, 1.165) is 33.9 Å². The van der Waals surface area contributed by atoms with Gasteiger partial charge in [-0.1, -0.05) is 60.7 Å². The number of carboxylic acids is 1. The molecule has 0 aliphatic rings. The molecule has 6 nitrogen and oxygen atoms in total. The molecule has 1 N–H and O–H groups in total. The molecule has 6 heteroatoms. The van der Waals surface area contributed by atoms with Gasteiger partial charge in [0.1, 0.15) is 17.1 Å². The average molecular weight is 407 g/mol. The van der Waals surface area contributed by atoms with Gasteiger partial charge < -0.3 is 9.84 Å². The lowest BCUT2D eigenvalue weighted by Gasteiger charge is -2.15. The lowest BCUT2D eigenvalue weighted by atomic mass is 9.96. The zero-order chi connectivity index (χ0) is 21.2. The first-order chi connectivity index (χ1) is 15.2. The van der Waals surface area contributed by atoms with Crippen LogP contribution in [0.4, 0.5) is 0 Å². The van der Waals surface area contributed by atoms with Crippen molar-refractivity contribution < 1.29 is 14.6 Å². The van der Waals surface area contributed by atoms with E-state index in [1.807, 2.05) is 84.9 Å². The molecular formula is C25H17N3O3. The van der Waals surface area contributed by atoms with Crippen LogP contribution in [-0.4, -0.2) is 25.7 Å². The van der Waals surface area contributed by atoms with E-state index in [0.29, 0.717) is 5.65 Å². The zero-order valence-electron chi connectivity index (χ0n) is 16.3. The van der Waals surface area contributed by atoms with Gasteiger partial charge in [0.2, 0.25) is 0 Å². The summed E-state index contributed by atoms with van der Waals surface area (Å²) in [6.45, 7) is 0. The minimum absolute atomic E-state index is 0.0622. The molecule has 0 saturated carbocycles. The van der Waals surface area contributed by atoms with E-state index in [2.05, 4.69) is 10.1 Å². The summed E-state index contributed by atoms with van der Waals surface area (Å²) < 4.78 is 7.72. The van der Waals surface area contributed by atoms with Gasteiger partial charge in [0.25, 0.3) is 0 Å². The number of ether oxygens (including phenoxy) is 1. The van der Waals surface area contributed by atoms with Crippen molar-refractivity contribution in [3.63, 3.8) is 0 Å². The second kappa shape index (κ2) is 7.76. The van der Waals surface area contributed by atoms with Crippen LogP contribution < -0.4 is 4.74 Å². The summed E-state index contributed by atoms with van der Waals surface area (Å²) in [5.74, 6) is 0.407. The summed E-state index contributed by atoms with van der Waals surface area (Å²) in [7, 11) is 0. The van der Waals surface area contributed by atoms with Crippen LogP contribution >= 0.6 is 0 Å². The van der Waals surface area contributed by atoms with Gasteiger partial charge in [-0.25, -0.2) is 14.3 Å². The Bertz CT molecular complexity index is 1390. The van der Waals surface area contributed by atoms with E-state index in [1.165, 1.54) is 6.20 Å². The largest absolute Gasteiger partial charge is 0.477 e. The molecule has 0 amide bonds. The molecule has 0 radical (unpaired) electrons. The van der Waals surface area contributed by atoms with Crippen LogP contribution in [0.2, 0.25) is 0 Å². The van der Waals surface area contributed by atoms with Gasteiger partial charge in [-0.3, -0.25) is 0 Å². The third-order valence-corrected chi connectivity index (χ3v) is 4.98. The van der Waals surface area contributed by atoms with Crippen molar-refractivity contribution in [1.29, 1.82) is 0 Å². The van der Waals surface area contributed by atoms with Crippen molar-refractivity contribution >= 4 is 11.6 Å². The van der Waals surface area contributed by atoms with E-state index in [1.54, 1.807) is 10.7 Å². The maximum atomic E-state index is 11.5. The molecule has 0 aliphatic carbocycles. The number of carboxylic acid groups (broad SMARTS) is 1. The van der Waals surface area contributed by atoms with E-state index < -0.39 is 5.97 Å². The van der Waals surface area contributed by atoms with Crippen LogP contribution in [0.3, 0.4) is 0 Å². The van der Waals surface area contributed by atoms with Gasteiger partial charge in [-0.15, -0.1) is 0 Å². The van der Waals surface area contributed by atoms with Crippen molar-refractivity contribution in [1.82, 2.24) is 14.6 Å². The Morgan fingerprint density at radius 2 is 1.48 bits per heavy atom. The highest BCUT2D eigenvalue weighted by molar-refractivity contribution is 5.95. The van der Waals surface area contributed by atoms with Crippen LogP contribution in [-0.2, 0) is 0 Å². The number of nitrogens with zero attached hydrogens (tertiary/aromatic N) is 3. The Balaban J connectivity index is 1.68. The first kappa shape index (κ1) is 18.6. The van der Waals surface area contributed by atoms with Gasteiger partial charge in [0.15, 0.2) is 5.65 Å². The highest BCUT2D eigenvalue weighted by atomic mass is 16.5. The third kappa shape index (κ3) is 3.40. The minimum Gasteiger partial charge on any atom is -0.477 e. The van der Waals surface area contributed by atoms with Crippen LogP contribution in [0.1, 0.15) is 10.4 Å². The van der Waals surface area contributed by atoms with Gasteiger partial charge in [-0.05, 0) is 29.8 Å². The Morgan fingerprint density at radius 3 is 2.26 bits per heavy atom. The smallest absolute Gasteiger partial charge is 0.341 e. The highest BCUT2D eigenvalue weighted by Gasteiger charge is 2.18. The number of fused-ring (bicyclic) bond motifs is 1. The molecule has 31 heavy (non-hydrogen) atoms. The molecular weight excluding hydrogens is 390 g/mol. The highest BCUT2D eigenvalue weighted by Crippen LogP contribution is 2.38. The van der Waals surface area contributed by atoms with E-state index in [4.69, 9.17) is 4.74 Å². The molecule has 150 valence electrons. The average Bonchev–Trinajstić information content (AvgIpc) is 3.25. The molecule has 5 rings (SSSR count). The second-order valence-electron chi connectivity index (χ2n) is 6.89. The normalized spacial score (nSPS) is 10.8. The topological polar surface area (TPSA) is 76.7 Å². The number of rotatable bonds is 5. The fourth-order valence-electron chi connectivity index (χ4n) is 3.58. The Kier molecular flexibility index (Phi) is 4.65. The van der Waals surface area contributed by atoms with Crippen LogP contribution in [0, 0.1) is 0 Å². The summed E-state index contributed by atoms with van der Waals surface area (Å²) in [5, 5.41) is 13.7. The maximum Gasteiger partial charge on any atom is 0.341 e. The zero-order valence-corrected chi connectivity index (χ0v) is 16.3. The number of carbonyl (C=O) groups is 1. The van der Waals surface area contributed by atoms with Gasteiger partial charge >= 0.3 is 5.97 Å². The number of para-hydroxylation sites is 2. The van der Waals surface area contributed by atoms with Gasteiger partial charge in [-0.2, -0.15) is 5.10 Å². The van der Waals surface area contributed by atoms with Gasteiger partial charge in [0.05, 0.1) is 11.9 Å². The lowest BCUT2D eigenvalue weighted by molar-refractivity contribution is 0.0698. The summed E-state index contributed by atoms with van der Waals surface area (Å²) in [6.07, 6.45) is 2.92. The minimum atomic E-state index is -1.06. The summed E-state index contributed by atoms with van der Waals surface area (Å²) in [5.41, 5.74) is 3.84. The van der Waals surface area contributed by atoms with E-state index in [9.17, 15) is 9.90 Å². The molecule has 0 atom stereocenters. The summed E-state index contributed by atoms with van der Waals surface area (Å²) in [6, 6.07) is 27.2. The molecule has 0 bridgehead atoms. The number of aromatic carboxylic acids is 1. The Morgan fingerprint density at radius 1 is 0.806 bits per heavy atom. The Labute approximate surface area is 178 Å². The van der Waals surface area contributed by atoms with Crippen LogP contribution in [0.5, 0.6) is 11.5 Å². The number of benzene rings is 3. The molecule has 5 aromatic rings. The van der Waals surface area contributed by atoms with Crippen molar-refractivity contribution in [3.05, 3.63) is 103 Å². The monoisotopic (exact) mass is 407 g/mol. The third-order valence-electron chi connectivity index (χ3n) is 4.98. The SMILES string of the molecule is O=C(O)c1cnn2c(-c3ccccc3-c3ccccc3Oc3ccccc3)ccnc12. The molecule has 0 saturated heterocycles. The molecule has 0 fully saturated rings. The van der Waals surface area contributed by atoms with Gasteiger partial charge in [0, 0.05) is 17.3 Å². The second-order valence-corrected chi connectivity index (χ2v) is 6.89. The summed E-state index contributed by atoms with van der Waals surface area (Å²) >= 11 is 0. The number of hydrogen-bond donors (Lipinski definition) is 1. The fraction of sp³-hybridized carbons (Fsp3) is 0. The number of aromatic nitrogens is 3. The summed E-state index contributed by atoms with van der Waals surface area (Å²) in [4.78, 5) is 15.7. The van der Waals surface area contributed by atoms with Crippen molar-refractivity contribution in [3.8, 4) is 33.9 Å². The standard InChI is InChI=1S/C25H17N3O3/c29-25(30)21-16-27-28-22(14-15-26-24(21)28)19-11-5-4-10-18(19)20-12-6-7-13-23(20)31-17-8-2-1-3-9-17/h1-16H,(H,29,30). The predicted molar refractivity (Wildman–Crippen MR) is 117 cm³/mol. The van der Waals surface area contributed by atoms with Crippen molar-refractivity contribution in [2.24, 2.45) is 0 Å². The molecule has 0 spiro atoms. The maximum absolute atomic E-state index is 11.5. The molecule has 2 heterocycles. The molecule has 0 unspecified atom stereocenters. The molecule has 0 aliphatic heterocycles. The van der Waals surface area contributed by atoms with Crippen molar-refractivity contribution in [2.45, 2.75) is 0 Å². The first-order valence-corrected chi connectivity index (χ1v) is 9.70. The fourth-order valence-corrected chi connectivity index (χ4v) is 3.58. The van der Waals surface area contributed by atoms with Crippen LogP contribution in [0.25, 0.3) is 28.0 Å². The number of hydrogen-bond acceptors (Lipinski definition) is 4. The lowest BCUT2D eigenvalue weighted by Crippen LogP contribution is -2.00. The van der Waals surface area contributed by atoms with E-state index in [-0.39, 0.29) is 5.56 Å². The predicted octanol–water partition coefficient (Wildman–Crippen LogP) is 5.55. The van der Waals surface area contributed by atoms with E-state index >= 15 is 0 Å². The van der Waals surface area contributed by atoms with Crippen LogP contribution in [0.15, 0.2) is 97.3 Å².